The van der Waals surface area contributed by atoms with Gasteiger partial charge < -0.3 is 10.6 Å². The van der Waals surface area contributed by atoms with Crippen molar-refractivity contribution in [2.45, 2.75) is 45.3 Å². The van der Waals surface area contributed by atoms with E-state index >= 15 is 0 Å². The van der Waals surface area contributed by atoms with Crippen molar-refractivity contribution in [3.8, 4) is 0 Å². The van der Waals surface area contributed by atoms with Gasteiger partial charge in [0.25, 0.3) is 5.91 Å². The first-order valence-corrected chi connectivity index (χ1v) is 8.41. The molecule has 2 N–H and O–H groups in total. The first-order chi connectivity index (χ1) is 10.9. The third kappa shape index (κ3) is 4.92. The van der Waals surface area contributed by atoms with E-state index in [-0.39, 0.29) is 17.9 Å². The molecule has 0 saturated carbocycles. The largest absolute Gasteiger partial charge is 0.352 e. The minimum atomic E-state index is -0.971. The molecule has 2 amide bonds. The molecule has 0 aliphatic heterocycles. The van der Waals surface area contributed by atoms with Gasteiger partial charge in [-0.1, -0.05) is 6.07 Å². The number of amides is 2. The fourth-order valence-corrected chi connectivity index (χ4v) is 2.66. The van der Waals surface area contributed by atoms with Crippen LogP contribution in [0.1, 0.15) is 36.9 Å². The van der Waals surface area contributed by atoms with E-state index in [1.165, 1.54) is 11.3 Å². The molecule has 2 aromatic heterocycles. The van der Waals surface area contributed by atoms with Crippen LogP contribution in [0.25, 0.3) is 0 Å². The molecule has 0 aliphatic carbocycles. The molecule has 0 bridgehead atoms. The maximum Gasteiger partial charge on any atom is 0.262 e. The molecule has 0 saturated heterocycles. The molecule has 124 valence electrons. The van der Waals surface area contributed by atoms with Crippen molar-refractivity contribution in [1.82, 2.24) is 20.4 Å². The van der Waals surface area contributed by atoms with Gasteiger partial charge in [-0.05, 0) is 44.7 Å². The molecule has 2 heterocycles. The molecule has 0 fully saturated rings. The fraction of sp³-hybridized carbons (Fsp3) is 0.438. The van der Waals surface area contributed by atoms with Gasteiger partial charge in [-0.3, -0.25) is 14.3 Å². The predicted molar refractivity (Wildman–Crippen MR) is 90.3 cm³/mol. The minimum absolute atomic E-state index is 0.00962. The number of thiophene rings is 1. The van der Waals surface area contributed by atoms with Gasteiger partial charge in [0.15, 0.2) is 0 Å². The Labute approximate surface area is 139 Å². The number of nitrogens with one attached hydrogen (secondary N) is 2. The van der Waals surface area contributed by atoms with Crippen LogP contribution in [-0.4, -0.2) is 33.2 Å². The maximum absolute atomic E-state index is 12.4. The number of hydrogen-bond donors (Lipinski definition) is 2. The fourth-order valence-electron chi connectivity index (χ4n) is 2.04. The Morgan fingerprint density at radius 1 is 1.39 bits per heavy atom. The standard InChI is InChI=1S/C16H22N4O2S/c1-12(7-10-20-9-5-8-17-20)18-15(22)16(2,3)19-14(21)13-6-4-11-23-13/h4-6,8-9,11-12H,7,10H2,1-3H3,(H,18,22)(H,19,21). The minimum Gasteiger partial charge on any atom is -0.352 e. The van der Waals surface area contributed by atoms with Crippen molar-refractivity contribution in [3.63, 3.8) is 0 Å². The zero-order chi connectivity index (χ0) is 16.9. The second kappa shape index (κ2) is 7.41. The van der Waals surface area contributed by atoms with Crippen molar-refractivity contribution in [2.75, 3.05) is 0 Å². The zero-order valence-corrected chi connectivity index (χ0v) is 14.4. The summed E-state index contributed by atoms with van der Waals surface area (Å²) >= 11 is 1.35. The number of rotatable bonds is 7. The number of aryl methyl sites for hydroxylation is 1. The Hall–Kier alpha value is -2.15. The van der Waals surface area contributed by atoms with Crippen LogP contribution in [0.4, 0.5) is 0 Å². The molecule has 1 unspecified atom stereocenters. The molecular weight excluding hydrogens is 312 g/mol. The van der Waals surface area contributed by atoms with Crippen molar-refractivity contribution in [1.29, 1.82) is 0 Å². The summed E-state index contributed by atoms with van der Waals surface area (Å²) in [6.45, 7) is 6.08. The van der Waals surface area contributed by atoms with Crippen LogP contribution in [0.5, 0.6) is 0 Å². The Kier molecular flexibility index (Phi) is 5.54. The molecule has 2 rings (SSSR count). The third-order valence-corrected chi connectivity index (χ3v) is 4.34. The van der Waals surface area contributed by atoms with E-state index in [2.05, 4.69) is 15.7 Å². The number of hydrogen-bond acceptors (Lipinski definition) is 4. The van der Waals surface area contributed by atoms with E-state index in [9.17, 15) is 9.59 Å². The van der Waals surface area contributed by atoms with Gasteiger partial charge >= 0.3 is 0 Å². The van der Waals surface area contributed by atoms with Gasteiger partial charge in [0.05, 0.1) is 4.88 Å². The van der Waals surface area contributed by atoms with Gasteiger partial charge in [-0.25, -0.2) is 0 Å². The average Bonchev–Trinajstić information content (AvgIpc) is 3.18. The first-order valence-electron chi connectivity index (χ1n) is 7.53. The summed E-state index contributed by atoms with van der Waals surface area (Å²) < 4.78 is 1.83. The van der Waals surface area contributed by atoms with Crippen LogP contribution in [-0.2, 0) is 11.3 Å². The molecule has 0 radical (unpaired) electrons. The Bertz CT molecular complexity index is 635. The lowest BCUT2D eigenvalue weighted by Gasteiger charge is -2.27. The number of carbonyl (C=O) groups excluding carboxylic acids is 2. The summed E-state index contributed by atoms with van der Waals surface area (Å²) in [5, 5.41) is 11.7. The Balaban J connectivity index is 1.83. The molecule has 0 aliphatic rings. The lowest BCUT2D eigenvalue weighted by Crippen LogP contribution is -2.56. The predicted octanol–water partition coefficient (Wildman–Crippen LogP) is 2.05. The second-order valence-corrected chi connectivity index (χ2v) is 6.94. The Morgan fingerprint density at radius 2 is 2.17 bits per heavy atom. The van der Waals surface area contributed by atoms with Gasteiger partial charge in [0.2, 0.25) is 5.91 Å². The highest BCUT2D eigenvalue weighted by molar-refractivity contribution is 7.12. The van der Waals surface area contributed by atoms with Crippen LogP contribution in [0, 0.1) is 0 Å². The summed E-state index contributed by atoms with van der Waals surface area (Å²) in [6, 6.07) is 5.40. The molecular formula is C16H22N4O2S. The molecule has 2 aromatic rings. The monoisotopic (exact) mass is 334 g/mol. The van der Waals surface area contributed by atoms with Crippen molar-refractivity contribution in [3.05, 3.63) is 40.8 Å². The Morgan fingerprint density at radius 3 is 2.78 bits per heavy atom. The second-order valence-electron chi connectivity index (χ2n) is 5.99. The molecule has 23 heavy (non-hydrogen) atoms. The topological polar surface area (TPSA) is 76.0 Å². The summed E-state index contributed by atoms with van der Waals surface area (Å²) in [5.74, 6) is -0.431. The molecule has 0 spiro atoms. The SMILES string of the molecule is CC(CCn1cccn1)NC(=O)C(C)(C)NC(=O)c1cccs1. The summed E-state index contributed by atoms with van der Waals surface area (Å²) in [4.78, 5) is 25.1. The lowest BCUT2D eigenvalue weighted by molar-refractivity contribution is -0.126. The molecule has 0 aromatic carbocycles. The maximum atomic E-state index is 12.4. The van der Waals surface area contributed by atoms with E-state index in [1.807, 2.05) is 35.3 Å². The van der Waals surface area contributed by atoms with E-state index in [1.54, 1.807) is 26.1 Å². The van der Waals surface area contributed by atoms with Gasteiger partial charge in [-0.2, -0.15) is 5.10 Å². The van der Waals surface area contributed by atoms with Crippen LogP contribution in [0.2, 0.25) is 0 Å². The quantitative estimate of drug-likeness (QED) is 0.813. The van der Waals surface area contributed by atoms with Crippen LogP contribution in [0.3, 0.4) is 0 Å². The number of carbonyl (C=O) groups is 2. The van der Waals surface area contributed by atoms with E-state index in [0.29, 0.717) is 4.88 Å². The van der Waals surface area contributed by atoms with E-state index in [0.717, 1.165) is 13.0 Å². The summed E-state index contributed by atoms with van der Waals surface area (Å²) in [5.41, 5.74) is -0.971. The van der Waals surface area contributed by atoms with Gasteiger partial charge in [0, 0.05) is 25.0 Å². The number of aromatic nitrogens is 2. The lowest BCUT2D eigenvalue weighted by atomic mass is 10.0. The summed E-state index contributed by atoms with van der Waals surface area (Å²) in [6.07, 6.45) is 4.38. The van der Waals surface area contributed by atoms with Crippen LogP contribution in [0.15, 0.2) is 36.0 Å². The zero-order valence-electron chi connectivity index (χ0n) is 13.6. The van der Waals surface area contributed by atoms with Crippen molar-refractivity contribution in [2.24, 2.45) is 0 Å². The highest BCUT2D eigenvalue weighted by Crippen LogP contribution is 2.11. The normalized spacial score (nSPS) is 12.7. The third-order valence-electron chi connectivity index (χ3n) is 3.47. The summed E-state index contributed by atoms with van der Waals surface area (Å²) in [7, 11) is 0. The van der Waals surface area contributed by atoms with Crippen molar-refractivity contribution >= 4 is 23.2 Å². The van der Waals surface area contributed by atoms with Crippen LogP contribution < -0.4 is 10.6 Å². The molecule has 6 nitrogen and oxygen atoms in total. The smallest absolute Gasteiger partial charge is 0.262 e. The molecule has 1 atom stereocenters. The average molecular weight is 334 g/mol. The number of nitrogens with zero attached hydrogens (tertiary/aromatic N) is 2. The van der Waals surface area contributed by atoms with E-state index in [4.69, 9.17) is 0 Å². The van der Waals surface area contributed by atoms with Gasteiger partial charge in [0.1, 0.15) is 5.54 Å². The van der Waals surface area contributed by atoms with Crippen LogP contribution >= 0.6 is 11.3 Å². The van der Waals surface area contributed by atoms with Crippen molar-refractivity contribution < 1.29 is 9.59 Å². The molecule has 7 heteroatoms. The first kappa shape index (κ1) is 17.2. The highest BCUT2D eigenvalue weighted by atomic mass is 32.1. The highest BCUT2D eigenvalue weighted by Gasteiger charge is 2.30. The van der Waals surface area contributed by atoms with E-state index < -0.39 is 5.54 Å². The van der Waals surface area contributed by atoms with Gasteiger partial charge in [-0.15, -0.1) is 11.3 Å².